The Morgan fingerprint density at radius 3 is 2.43 bits per heavy atom. The second-order valence-corrected chi connectivity index (χ2v) is 9.17. The van der Waals surface area contributed by atoms with Crippen LogP contribution in [0.4, 0.5) is 0 Å². The van der Waals surface area contributed by atoms with E-state index in [1.54, 1.807) is 41.8 Å². The first kappa shape index (κ1) is 24.6. The van der Waals surface area contributed by atoms with Gasteiger partial charge < -0.3 is 10.2 Å². The van der Waals surface area contributed by atoms with E-state index in [-0.39, 0.29) is 24.4 Å². The summed E-state index contributed by atoms with van der Waals surface area (Å²) in [5.74, 6) is 0.377. The van der Waals surface area contributed by atoms with Crippen LogP contribution in [0, 0.1) is 0 Å². The average Bonchev–Trinajstić information content (AvgIpc) is 2.73. The van der Waals surface area contributed by atoms with E-state index in [1.807, 2.05) is 44.2 Å². The standard InChI is InChI=1S/C23H28Cl2N2O2S/c1-4-16(2)26-23(29)17(3)27(15-18-10-11-19(24)14-21(18)25)22(28)12-13-30-20-8-6-5-7-9-20/h5-11,14,16-17H,4,12-13,15H2,1-3H3,(H,26,29). The van der Waals surface area contributed by atoms with Crippen molar-refractivity contribution in [3.05, 3.63) is 64.1 Å². The topological polar surface area (TPSA) is 49.4 Å². The average molecular weight is 467 g/mol. The maximum absolute atomic E-state index is 13.1. The molecule has 0 fully saturated rings. The summed E-state index contributed by atoms with van der Waals surface area (Å²) in [5.41, 5.74) is 0.758. The zero-order chi connectivity index (χ0) is 22.1. The van der Waals surface area contributed by atoms with Gasteiger partial charge >= 0.3 is 0 Å². The SMILES string of the molecule is CCC(C)NC(=O)C(C)N(Cc1ccc(Cl)cc1Cl)C(=O)CCSc1ccccc1. The van der Waals surface area contributed by atoms with Gasteiger partial charge in [-0.15, -0.1) is 11.8 Å². The van der Waals surface area contributed by atoms with E-state index < -0.39 is 6.04 Å². The zero-order valence-electron chi connectivity index (χ0n) is 17.5. The molecule has 0 bridgehead atoms. The number of amides is 2. The summed E-state index contributed by atoms with van der Waals surface area (Å²) in [5, 5.41) is 3.98. The molecule has 1 N–H and O–H groups in total. The van der Waals surface area contributed by atoms with Crippen molar-refractivity contribution in [2.45, 2.75) is 57.1 Å². The van der Waals surface area contributed by atoms with E-state index in [1.165, 1.54) is 0 Å². The third-order valence-corrected chi connectivity index (χ3v) is 6.45. The fourth-order valence-electron chi connectivity index (χ4n) is 2.80. The van der Waals surface area contributed by atoms with Crippen molar-refractivity contribution in [3.8, 4) is 0 Å². The molecule has 162 valence electrons. The highest BCUT2D eigenvalue weighted by atomic mass is 35.5. The number of hydrogen-bond donors (Lipinski definition) is 1. The lowest BCUT2D eigenvalue weighted by Gasteiger charge is -2.30. The predicted molar refractivity (Wildman–Crippen MR) is 126 cm³/mol. The molecule has 0 heterocycles. The first-order chi connectivity index (χ1) is 14.3. The van der Waals surface area contributed by atoms with Gasteiger partial charge in [-0.1, -0.05) is 54.4 Å². The van der Waals surface area contributed by atoms with Crippen LogP contribution in [-0.2, 0) is 16.1 Å². The smallest absolute Gasteiger partial charge is 0.242 e. The monoisotopic (exact) mass is 466 g/mol. The molecule has 30 heavy (non-hydrogen) atoms. The molecule has 0 aliphatic rings. The molecule has 2 amide bonds. The van der Waals surface area contributed by atoms with Gasteiger partial charge in [-0.25, -0.2) is 0 Å². The van der Waals surface area contributed by atoms with Crippen LogP contribution in [-0.4, -0.2) is 34.6 Å². The minimum atomic E-state index is -0.611. The Morgan fingerprint density at radius 1 is 1.10 bits per heavy atom. The molecule has 0 aromatic heterocycles. The number of thioether (sulfide) groups is 1. The van der Waals surface area contributed by atoms with Crippen LogP contribution >= 0.6 is 35.0 Å². The molecule has 2 atom stereocenters. The second kappa shape index (κ2) is 12.2. The molecule has 2 aromatic carbocycles. The minimum absolute atomic E-state index is 0.0460. The van der Waals surface area contributed by atoms with Crippen molar-refractivity contribution in [1.29, 1.82) is 0 Å². The number of nitrogens with one attached hydrogen (secondary N) is 1. The van der Waals surface area contributed by atoms with Gasteiger partial charge in [0.2, 0.25) is 11.8 Å². The van der Waals surface area contributed by atoms with E-state index in [4.69, 9.17) is 23.2 Å². The van der Waals surface area contributed by atoms with Crippen LogP contribution in [0.1, 0.15) is 39.2 Å². The van der Waals surface area contributed by atoms with Gasteiger partial charge in [0.15, 0.2) is 0 Å². The van der Waals surface area contributed by atoms with Crippen LogP contribution in [0.15, 0.2) is 53.4 Å². The Labute approximate surface area is 193 Å². The number of halogens is 2. The Bertz CT molecular complexity index is 848. The summed E-state index contributed by atoms with van der Waals surface area (Å²) in [7, 11) is 0. The van der Waals surface area contributed by atoms with Gasteiger partial charge in [0, 0.05) is 39.7 Å². The molecular formula is C23H28Cl2N2O2S. The molecule has 0 saturated heterocycles. The van der Waals surface area contributed by atoms with Crippen LogP contribution in [0.3, 0.4) is 0 Å². The highest BCUT2D eigenvalue weighted by molar-refractivity contribution is 7.99. The number of rotatable bonds is 10. The van der Waals surface area contributed by atoms with E-state index in [2.05, 4.69) is 5.32 Å². The molecule has 0 radical (unpaired) electrons. The predicted octanol–water partition coefficient (Wildman–Crippen LogP) is 5.81. The highest BCUT2D eigenvalue weighted by Crippen LogP contribution is 2.24. The van der Waals surface area contributed by atoms with Gasteiger partial charge in [-0.2, -0.15) is 0 Å². The summed E-state index contributed by atoms with van der Waals surface area (Å²) >= 11 is 13.9. The normalized spacial score (nSPS) is 12.8. The van der Waals surface area contributed by atoms with Gasteiger partial charge in [0.05, 0.1) is 0 Å². The third kappa shape index (κ3) is 7.53. The maximum Gasteiger partial charge on any atom is 0.242 e. The summed E-state index contributed by atoms with van der Waals surface area (Å²) < 4.78 is 0. The van der Waals surface area contributed by atoms with Crippen LogP contribution in [0.5, 0.6) is 0 Å². The molecule has 0 saturated carbocycles. The van der Waals surface area contributed by atoms with Crippen LogP contribution in [0.2, 0.25) is 10.0 Å². The van der Waals surface area contributed by atoms with Gasteiger partial charge in [-0.3, -0.25) is 9.59 Å². The van der Waals surface area contributed by atoms with Crippen molar-refractivity contribution >= 4 is 46.8 Å². The van der Waals surface area contributed by atoms with Crippen molar-refractivity contribution in [3.63, 3.8) is 0 Å². The minimum Gasteiger partial charge on any atom is -0.352 e. The Balaban J connectivity index is 2.12. The molecule has 0 spiro atoms. The summed E-state index contributed by atoms with van der Waals surface area (Å²) in [6.45, 7) is 5.96. The molecule has 2 rings (SSSR count). The summed E-state index contributed by atoms with van der Waals surface area (Å²) in [4.78, 5) is 28.5. The largest absolute Gasteiger partial charge is 0.352 e. The number of nitrogens with zero attached hydrogens (tertiary/aromatic N) is 1. The number of carbonyl (C=O) groups is 2. The summed E-state index contributed by atoms with van der Waals surface area (Å²) in [6.07, 6.45) is 1.15. The highest BCUT2D eigenvalue weighted by Gasteiger charge is 2.27. The summed E-state index contributed by atoms with van der Waals surface area (Å²) in [6, 6.07) is 14.6. The number of hydrogen-bond acceptors (Lipinski definition) is 3. The first-order valence-corrected chi connectivity index (χ1v) is 11.8. The quantitative estimate of drug-likeness (QED) is 0.449. The number of benzene rings is 2. The first-order valence-electron chi connectivity index (χ1n) is 10.0. The number of carbonyl (C=O) groups excluding carboxylic acids is 2. The van der Waals surface area contributed by atoms with Gasteiger partial charge in [0.25, 0.3) is 0 Å². The molecular weight excluding hydrogens is 439 g/mol. The lowest BCUT2D eigenvalue weighted by atomic mass is 10.1. The van der Waals surface area contributed by atoms with Crippen LogP contribution < -0.4 is 5.32 Å². The maximum atomic E-state index is 13.1. The Hall–Kier alpha value is -1.69. The molecule has 4 nitrogen and oxygen atoms in total. The lowest BCUT2D eigenvalue weighted by molar-refractivity contribution is -0.140. The Morgan fingerprint density at radius 2 is 1.80 bits per heavy atom. The molecule has 7 heteroatoms. The molecule has 0 aliphatic carbocycles. The molecule has 0 aliphatic heterocycles. The van der Waals surface area contributed by atoms with E-state index in [0.717, 1.165) is 16.9 Å². The molecule has 2 unspecified atom stereocenters. The van der Waals surface area contributed by atoms with E-state index in [9.17, 15) is 9.59 Å². The second-order valence-electron chi connectivity index (χ2n) is 7.16. The van der Waals surface area contributed by atoms with Gasteiger partial charge in [0.1, 0.15) is 6.04 Å². The lowest BCUT2D eigenvalue weighted by Crippen LogP contribution is -2.49. The fourth-order valence-corrected chi connectivity index (χ4v) is 4.13. The van der Waals surface area contributed by atoms with Gasteiger partial charge in [-0.05, 0) is 50.1 Å². The van der Waals surface area contributed by atoms with Crippen molar-refractivity contribution in [2.24, 2.45) is 0 Å². The Kier molecular flexibility index (Phi) is 10.0. The van der Waals surface area contributed by atoms with E-state index >= 15 is 0 Å². The van der Waals surface area contributed by atoms with Crippen molar-refractivity contribution in [2.75, 3.05) is 5.75 Å². The van der Waals surface area contributed by atoms with Crippen molar-refractivity contribution < 1.29 is 9.59 Å². The molecule has 2 aromatic rings. The van der Waals surface area contributed by atoms with E-state index in [0.29, 0.717) is 22.2 Å². The fraction of sp³-hybridized carbons (Fsp3) is 0.391. The van der Waals surface area contributed by atoms with Crippen LogP contribution in [0.25, 0.3) is 0 Å². The van der Waals surface area contributed by atoms with Crippen molar-refractivity contribution in [1.82, 2.24) is 10.2 Å². The third-order valence-electron chi connectivity index (χ3n) is 4.85. The zero-order valence-corrected chi connectivity index (χ0v) is 19.9.